The molecule has 3 aromatic heterocycles. The van der Waals surface area contributed by atoms with Crippen LogP contribution in [-0.2, 0) is 5.41 Å². The molecule has 4 nitrogen and oxygen atoms in total. The van der Waals surface area contributed by atoms with Gasteiger partial charge in [-0.2, -0.15) is 0 Å². The second-order valence-corrected chi connectivity index (χ2v) is 14.2. The fourth-order valence-electron chi connectivity index (χ4n) is 8.84. The summed E-state index contributed by atoms with van der Waals surface area (Å²) < 4.78 is 30.7. The van der Waals surface area contributed by atoms with E-state index >= 15 is 8.78 Å². The molecule has 8 aromatic rings. The first-order valence-corrected chi connectivity index (χ1v) is 18.1. The lowest BCUT2D eigenvalue weighted by molar-refractivity contribution is 0.616. The molecule has 11 rings (SSSR count). The maximum Gasteiger partial charge on any atom is 0.123 e. The van der Waals surface area contributed by atoms with Crippen molar-refractivity contribution in [3.05, 3.63) is 214 Å². The first kappa shape index (κ1) is 30.7. The lowest BCUT2D eigenvalue weighted by atomic mass is 9.67. The molecular weight excluding hydrogens is 671 g/mol. The van der Waals surface area contributed by atoms with Crippen LogP contribution in [0.15, 0.2) is 164 Å². The van der Waals surface area contributed by atoms with Crippen LogP contribution >= 0.6 is 0 Å². The third-order valence-corrected chi connectivity index (χ3v) is 11.4. The zero-order chi connectivity index (χ0) is 36.0. The van der Waals surface area contributed by atoms with E-state index in [0.717, 1.165) is 83.4 Å². The number of allylic oxidation sites excluding steroid dienone is 2. The van der Waals surface area contributed by atoms with E-state index in [1.54, 1.807) is 18.3 Å². The normalized spacial score (nSPS) is 16.2. The molecule has 256 valence electrons. The molecule has 0 fully saturated rings. The number of fused-ring (bicyclic) bond motifs is 9. The number of aromatic amines is 1. The lowest BCUT2D eigenvalue weighted by Gasteiger charge is -2.34. The summed E-state index contributed by atoms with van der Waals surface area (Å²) >= 11 is 0. The van der Waals surface area contributed by atoms with Gasteiger partial charge in [0.25, 0.3) is 0 Å². The van der Waals surface area contributed by atoms with Crippen molar-refractivity contribution in [3.63, 3.8) is 0 Å². The minimum absolute atomic E-state index is 0.0242. The van der Waals surface area contributed by atoms with Gasteiger partial charge in [-0.15, -0.1) is 0 Å². The molecule has 54 heavy (non-hydrogen) atoms. The third kappa shape index (κ3) is 4.46. The fraction of sp³-hybridized carbons (Fsp3) is 0.0417. The number of benzene rings is 5. The molecule has 0 saturated heterocycles. The van der Waals surface area contributed by atoms with Crippen LogP contribution in [0.4, 0.5) is 8.78 Å². The summed E-state index contributed by atoms with van der Waals surface area (Å²) in [5, 5.41) is 5.79. The molecule has 5 aromatic carbocycles. The number of dihydropyridines is 1. The Morgan fingerprint density at radius 1 is 0.611 bits per heavy atom. The molecule has 0 radical (unpaired) electrons. The standard InChI is InChI=1S/C48H30F2N4/c49-36-17-19-38-39-20-18-37(50)27-41(39)48(40(38)26-36,35-15-9-29(10-16-35)43-22-12-32-5-6-33-23-25-52-45(33)47(32)54-43)34-13-7-28(8-14-34)42-21-11-31-4-3-30-2-1-24-51-44(30)46(31)53-42/h1-27,47,52,54H. The highest BCUT2D eigenvalue weighted by molar-refractivity contribution is 6.03. The topological polar surface area (TPSA) is 53.6 Å². The maximum atomic E-state index is 15.4. The van der Waals surface area contributed by atoms with Crippen LogP contribution in [0.2, 0.25) is 0 Å². The van der Waals surface area contributed by atoms with E-state index in [4.69, 9.17) is 4.98 Å². The van der Waals surface area contributed by atoms with Gasteiger partial charge in [0.05, 0.1) is 28.2 Å². The molecular formula is C48H30F2N4. The SMILES string of the molecule is Fc1ccc2c(c1)C(c1ccc(C3=CC=C4C=Cc5cc[nH]c5C4N3)cc1)(c1ccc(-c3ccc4ccc5cccnc5c4n3)cc1)c1cc(F)ccc1-2. The largest absolute Gasteiger partial charge is 0.372 e. The summed E-state index contributed by atoms with van der Waals surface area (Å²) in [6.45, 7) is 0. The zero-order valence-corrected chi connectivity index (χ0v) is 28.8. The van der Waals surface area contributed by atoms with Gasteiger partial charge < -0.3 is 10.3 Å². The van der Waals surface area contributed by atoms with Gasteiger partial charge in [0.2, 0.25) is 0 Å². The Morgan fingerprint density at radius 2 is 1.28 bits per heavy atom. The van der Waals surface area contributed by atoms with E-state index in [9.17, 15) is 0 Å². The first-order chi connectivity index (χ1) is 26.5. The number of pyridine rings is 2. The average Bonchev–Trinajstić information content (AvgIpc) is 3.82. The highest BCUT2D eigenvalue weighted by Crippen LogP contribution is 2.56. The van der Waals surface area contributed by atoms with E-state index in [1.165, 1.54) is 23.3 Å². The van der Waals surface area contributed by atoms with E-state index in [2.05, 4.69) is 112 Å². The fourth-order valence-corrected chi connectivity index (χ4v) is 8.84. The summed E-state index contributed by atoms with van der Waals surface area (Å²) in [6, 6.07) is 40.8. The van der Waals surface area contributed by atoms with E-state index in [1.807, 2.05) is 36.5 Å². The quantitative estimate of drug-likeness (QED) is 0.180. The molecule has 0 bridgehead atoms. The van der Waals surface area contributed by atoms with Gasteiger partial charge >= 0.3 is 0 Å². The van der Waals surface area contributed by atoms with Gasteiger partial charge in [0.1, 0.15) is 11.6 Å². The van der Waals surface area contributed by atoms with Crippen LogP contribution in [0.1, 0.15) is 45.1 Å². The number of nitrogens with one attached hydrogen (secondary N) is 2. The molecule has 0 spiro atoms. The smallest absolute Gasteiger partial charge is 0.123 e. The molecule has 0 amide bonds. The van der Waals surface area contributed by atoms with Crippen molar-refractivity contribution in [2.75, 3.05) is 0 Å². The summed E-state index contributed by atoms with van der Waals surface area (Å²) in [5.74, 6) is -0.685. The predicted octanol–water partition coefficient (Wildman–Crippen LogP) is 11.1. The molecule has 1 unspecified atom stereocenters. The van der Waals surface area contributed by atoms with Crippen molar-refractivity contribution < 1.29 is 8.78 Å². The summed E-state index contributed by atoms with van der Waals surface area (Å²) in [7, 11) is 0. The number of H-pyrrole nitrogens is 1. The van der Waals surface area contributed by atoms with Crippen molar-refractivity contribution in [1.82, 2.24) is 20.3 Å². The van der Waals surface area contributed by atoms with Crippen LogP contribution in [0, 0.1) is 11.6 Å². The molecule has 2 N–H and O–H groups in total. The number of hydrogen-bond acceptors (Lipinski definition) is 3. The molecule has 3 aliphatic rings. The van der Waals surface area contributed by atoms with Gasteiger partial charge in [-0.25, -0.2) is 13.8 Å². The summed E-state index contributed by atoms with van der Waals surface area (Å²) in [4.78, 5) is 13.1. The van der Waals surface area contributed by atoms with Crippen LogP contribution in [-0.4, -0.2) is 15.0 Å². The minimum atomic E-state index is -0.988. The van der Waals surface area contributed by atoms with Crippen molar-refractivity contribution in [3.8, 4) is 22.4 Å². The highest BCUT2D eigenvalue weighted by Gasteiger charge is 2.46. The Kier molecular flexibility index (Phi) is 6.56. The molecule has 0 saturated carbocycles. The average molecular weight is 701 g/mol. The molecule has 4 heterocycles. The number of hydrogen-bond donors (Lipinski definition) is 2. The zero-order valence-electron chi connectivity index (χ0n) is 28.8. The number of aromatic nitrogens is 3. The maximum absolute atomic E-state index is 15.4. The first-order valence-electron chi connectivity index (χ1n) is 18.1. The monoisotopic (exact) mass is 700 g/mol. The van der Waals surface area contributed by atoms with Gasteiger partial charge in [0.15, 0.2) is 0 Å². The van der Waals surface area contributed by atoms with Crippen LogP contribution < -0.4 is 5.32 Å². The van der Waals surface area contributed by atoms with Crippen LogP contribution in [0.25, 0.3) is 56.0 Å². The number of rotatable bonds is 4. The molecule has 1 atom stereocenters. The highest BCUT2D eigenvalue weighted by atomic mass is 19.1. The van der Waals surface area contributed by atoms with Gasteiger partial charge in [-0.1, -0.05) is 103 Å². The van der Waals surface area contributed by atoms with Crippen molar-refractivity contribution in [2.45, 2.75) is 11.5 Å². The number of nitrogens with zero attached hydrogens (tertiary/aromatic N) is 2. The van der Waals surface area contributed by atoms with Gasteiger partial charge in [-0.3, -0.25) is 4.98 Å². The third-order valence-electron chi connectivity index (χ3n) is 11.4. The summed E-state index contributed by atoms with van der Waals surface area (Å²) in [5.41, 5.74) is 13.1. The molecule has 1 aliphatic heterocycles. The van der Waals surface area contributed by atoms with Crippen molar-refractivity contribution in [2.24, 2.45) is 0 Å². The Bertz CT molecular complexity index is 2880. The molecule has 2 aliphatic carbocycles. The Balaban J connectivity index is 1.05. The predicted molar refractivity (Wildman–Crippen MR) is 211 cm³/mol. The van der Waals surface area contributed by atoms with Crippen molar-refractivity contribution in [1.29, 1.82) is 0 Å². The van der Waals surface area contributed by atoms with E-state index < -0.39 is 5.41 Å². The van der Waals surface area contributed by atoms with Gasteiger partial charge in [0, 0.05) is 40.1 Å². The Labute approximate surface area is 309 Å². The summed E-state index contributed by atoms with van der Waals surface area (Å²) in [6.07, 6.45) is 12.3. The second kappa shape index (κ2) is 11.5. The second-order valence-electron chi connectivity index (χ2n) is 14.2. The molecule has 6 heteroatoms. The van der Waals surface area contributed by atoms with Gasteiger partial charge in [-0.05, 0) is 98.6 Å². The Hall–Kier alpha value is -6.92. The van der Waals surface area contributed by atoms with Crippen LogP contribution in [0.5, 0.6) is 0 Å². The lowest BCUT2D eigenvalue weighted by Crippen LogP contribution is -2.29. The number of halogens is 2. The van der Waals surface area contributed by atoms with Crippen molar-refractivity contribution >= 4 is 33.6 Å². The Morgan fingerprint density at radius 3 is 2.00 bits per heavy atom. The minimum Gasteiger partial charge on any atom is -0.372 e. The van der Waals surface area contributed by atoms with E-state index in [-0.39, 0.29) is 17.7 Å². The van der Waals surface area contributed by atoms with Crippen LogP contribution in [0.3, 0.4) is 0 Å². The van der Waals surface area contributed by atoms with E-state index in [0.29, 0.717) is 0 Å².